The number of hydrogen-bond acceptors (Lipinski definition) is 2. The Hall–Kier alpha value is -1.32. The Morgan fingerprint density at radius 2 is 1.88 bits per heavy atom. The van der Waals surface area contributed by atoms with Crippen LogP contribution in [0.1, 0.15) is 27.7 Å². The highest BCUT2D eigenvalue weighted by atomic mass is 16.4. The predicted molar refractivity (Wildman–Crippen MR) is 65.5 cm³/mol. The van der Waals surface area contributed by atoms with E-state index >= 15 is 0 Å². The number of carboxylic acid groups (broad SMARTS) is 1. The Morgan fingerprint density at radius 3 is 2.18 bits per heavy atom. The van der Waals surface area contributed by atoms with Crippen molar-refractivity contribution < 1.29 is 14.7 Å². The molecule has 4 nitrogen and oxygen atoms in total. The van der Waals surface area contributed by atoms with Crippen molar-refractivity contribution in [1.82, 2.24) is 4.90 Å². The largest absolute Gasteiger partial charge is 0.481 e. The second-order valence-electron chi connectivity index (χ2n) is 5.42. The fourth-order valence-corrected chi connectivity index (χ4v) is 2.43. The third-order valence-corrected chi connectivity index (χ3v) is 3.51. The van der Waals surface area contributed by atoms with Crippen LogP contribution in [0.2, 0.25) is 0 Å². The van der Waals surface area contributed by atoms with Gasteiger partial charge in [0.1, 0.15) is 0 Å². The lowest BCUT2D eigenvalue weighted by Crippen LogP contribution is -2.34. The minimum Gasteiger partial charge on any atom is -0.481 e. The van der Waals surface area contributed by atoms with Crippen LogP contribution in [0.4, 0.5) is 0 Å². The number of carboxylic acids is 1. The normalized spacial score (nSPS) is 25.2. The summed E-state index contributed by atoms with van der Waals surface area (Å²) in [5.41, 5.74) is 0.483. The van der Waals surface area contributed by atoms with Crippen LogP contribution in [0.3, 0.4) is 0 Å². The molecular formula is C13H21NO3. The molecule has 0 radical (unpaired) electrons. The molecule has 0 aromatic carbocycles. The van der Waals surface area contributed by atoms with Crippen molar-refractivity contribution in [3.63, 3.8) is 0 Å². The highest BCUT2D eigenvalue weighted by Crippen LogP contribution is 2.59. The zero-order valence-electron chi connectivity index (χ0n) is 11.0. The van der Waals surface area contributed by atoms with Crippen molar-refractivity contribution in [2.24, 2.45) is 17.3 Å². The van der Waals surface area contributed by atoms with E-state index in [9.17, 15) is 9.59 Å². The topological polar surface area (TPSA) is 57.6 Å². The maximum atomic E-state index is 12.2. The highest BCUT2D eigenvalue weighted by Gasteiger charge is 2.66. The molecule has 2 atom stereocenters. The minimum absolute atomic E-state index is 0.0621. The first-order chi connectivity index (χ1) is 7.73. The molecule has 0 aromatic rings. The van der Waals surface area contributed by atoms with Gasteiger partial charge >= 0.3 is 5.97 Å². The number of carbonyl (C=O) groups excluding carboxylic acids is 1. The van der Waals surface area contributed by atoms with Crippen molar-refractivity contribution in [3.8, 4) is 0 Å². The predicted octanol–water partition coefficient (Wildman–Crippen LogP) is 1.77. The molecule has 0 aromatic heterocycles. The maximum Gasteiger partial charge on any atom is 0.307 e. The zero-order chi connectivity index (χ0) is 13.4. The number of amides is 1. The van der Waals surface area contributed by atoms with Crippen LogP contribution >= 0.6 is 0 Å². The Morgan fingerprint density at radius 1 is 1.35 bits per heavy atom. The van der Waals surface area contributed by atoms with Crippen molar-refractivity contribution in [2.45, 2.75) is 27.7 Å². The maximum absolute atomic E-state index is 12.2. The van der Waals surface area contributed by atoms with Crippen LogP contribution in [0, 0.1) is 17.3 Å². The third-order valence-electron chi connectivity index (χ3n) is 3.51. The monoisotopic (exact) mass is 239 g/mol. The van der Waals surface area contributed by atoms with Gasteiger partial charge in [0.15, 0.2) is 0 Å². The van der Waals surface area contributed by atoms with Crippen LogP contribution in [0.5, 0.6) is 0 Å². The third kappa shape index (κ3) is 2.51. The number of carbonyl (C=O) groups is 2. The van der Waals surface area contributed by atoms with Crippen LogP contribution < -0.4 is 0 Å². The fourth-order valence-electron chi connectivity index (χ4n) is 2.43. The van der Waals surface area contributed by atoms with Crippen LogP contribution in [-0.4, -0.2) is 35.0 Å². The van der Waals surface area contributed by atoms with E-state index in [0.717, 1.165) is 5.57 Å². The van der Waals surface area contributed by atoms with E-state index in [1.54, 1.807) is 4.90 Å². The van der Waals surface area contributed by atoms with Gasteiger partial charge in [0, 0.05) is 13.1 Å². The first-order valence-electron chi connectivity index (χ1n) is 5.89. The average molecular weight is 239 g/mol. The number of rotatable bonds is 5. The number of nitrogens with zero attached hydrogens (tertiary/aromatic N) is 1. The Kier molecular flexibility index (Phi) is 3.65. The molecular weight excluding hydrogens is 218 g/mol. The molecule has 0 bridgehead atoms. The number of likely N-dealkylation sites (N-methyl/N-ethyl adjacent to an activating group) is 1. The van der Waals surface area contributed by atoms with Gasteiger partial charge in [-0.05, 0) is 19.3 Å². The van der Waals surface area contributed by atoms with E-state index in [1.165, 1.54) is 0 Å². The molecule has 0 spiro atoms. The molecule has 1 rings (SSSR count). The minimum atomic E-state index is -0.875. The molecule has 1 aliphatic carbocycles. The summed E-state index contributed by atoms with van der Waals surface area (Å²) in [7, 11) is 0. The summed E-state index contributed by atoms with van der Waals surface area (Å²) >= 11 is 0. The number of aliphatic carboxylic acids is 1. The first-order valence-corrected chi connectivity index (χ1v) is 5.89. The van der Waals surface area contributed by atoms with Gasteiger partial charge in [-0.15, -0.1) is 0 Å². The van der Waals surface area contributed by atoms with Gasteiger partial charge in [-0.1, -0.05) is 26.0 Å². The Balaban J connectivity index is 2.77. The molecule has 1 aliphatic rings. The fraction of sp³-hybridized carbons (Fsp3) is 0.692. The molecule has 2 unspecified atom stereocenters. The van der Waals surface area contributed by atoms with Crippen LogP contribution in [-0.2, 0) is 9.59 Å². The molecule has 0 heterocycles. The van der Waals surface area contributed by atoms with Gasteiger partial charge in [-0.25, -0.2) is 0 Å². The van der Waals surface area contributed by atoms with Crippen molar-refractivity contribution >= 4 is 11.9 Å². The SMILES string of the molecule is C=C(C)CN(CC)C(=O)C1C(C(=O)O)C1(C)C. The summed E-state index contributed by atoms with van der Waals surface area (Å²) in [5, 5.41) is 9.06. The van der Waals surface area contributed by atoms with Crippen LogP contribution in [0.25, 0.3) is 0 Å². The molecule has 1 N–H and O–H groups in total. The number of hydrogen-bond donors (Lipinski definition) is 1. The zero-order valence-corrected chi connectivity index (χ0v) is 11.0. The summed E-state index contributed by atoms with van der Waals surface area (Å²) in [4.78, 5) is 24.9. The van der Waals surface area contributed by atoms with E-state index in [1.807, 2.05) is 27.7 Å². The van der Waals surface area contributed by atoms with E-state index in [2.05, 4.69) is 6.58 Å². The lowest BCUT2D eigenvalue weighted by atomic mass is 10.1. The summed E-state index contributed by atoms with van der Waals surface area (Å²) in [6.45, 7) is 12.3. The second-order valence-corrected chi connectivity index (χ2v) is 5.42. The van der Waals surface area contributed by atoms with Crippen molar-refractivity contribution in [2.75, 3.05) is 13.1 Å². The summed E-state index contributed by atoms with van der Waals surface area (Å²) in [6, 6.07) is 0. The molecule has 1 amide bonds. The molecule has 17 heavy (non-hydrogen) atoms. The van der Waals surface area contributed by atoms with Gasteiger partial charge in [-0.2, -0.15) is 0 Å². The Labute approximate surface area is 102 Å². The smallest absolute Gasteiger partial charge is 0.307 e. The highest BCUT2D eigenvalue weighted by molar-refractivity contribution is 5.91. The Bertz CT molecular complexity index is 360. The molecule has 0 aliphatic heterocycles. The van der Waals surface area contributed by atoms with Gasteiger partial charge in [0.05, 0.1) is 11.8 Å². The standard InChI is InChI=1S/C13H21NO3/c1-6-14(7-8(2)3)11(15)9-10(12(16)17)13(9,4)5/h9-10H,2,6-7H2,1,3-5H3,(H,16,17). The van der Waals surface area contributed by atoms with Crippen molar-refractivity contribution in [1.29, 1.82) is 0 Å². The summed E-state index contributed by atoms with van der Waals surface area (Å²) in [6.07, 6.45) is 0. The van der Waals surface area contributed by atoms with E-state index in [0.29, 0.717) is 13.1 Å². The molecule has 96 valence electrons. The van der Waals surface area contributed by atoms with E-state index < -0.39 is 17.3 Å². The van der Waals surface area contributed by atoms with E-state index in [4.69, 9.17) is 5.11 Å². The van der Waals surface area contributed by atoms with E-state index in [-0.39, 0.29) is 11.8 Å². The van der Waals surface area contributed by atoms with Gasteiger partial charge < -0.3 is 10.0 Å². The molecule has 4 heteroatoms. The van der Waals surface area contributed by atoms with Crippen LogP contribution in [0.15, 0.2) is 12.2 Å². The quantitative estimate of drug-likeness (QED) is 0.744. The summed E-state index contributed by atoms with van der Waals surface area (Å²) in [5.74, 6) is -1.87. The summed E-state index contributed by atoms with van der Waals surface area (Å²) < 4.78 is 0. The second kappa shape index (κ2) is 4.51. The van der Waals surface area contributed by atoms with Crippen molar-refractivity contribution in [3.05, 3.63) is 12.2 Å². The van der Waals surface area contributed by atoms with Gasteiger partial charge in [-0.3, -0.25) is 9.59 Å². The lowest BCUT2D eigenvalue weighted by Gasteiger charge is -2.21. The van der Waals surface area contributed by atoms with Gasteiger partial charge in [0.25, 0.3) is 0 Å². The van der Waals surface area contributed by atoms with Gasteiger partial charge in [0.2, 0.25) is 5.91 Å². The average Bonchev–Trinajstić information content (AvgIpc) is 2.76. The molecule has 1 saturated carbocycles. The molecule has 1 fully saturated rings. The first kappa shape index (κ1) is 13.7. The lowest BCUT2D eigenvalue weighted by molar-refractivity contribution is -0.141. The molecule has 0 saturated heterocycles.